The van der Waals surface area contributed by atoms with Crippen LogP contribution in [0.2, 0.25) is 0 Å². The van der Waals surface area contributed by atoms with Gasteiger partial charge in [-0.2, -0.15) is 0 Å². The van der Waals surface area contributed by atoms with Crippen molar-refractivity contribution in [1.29, 1.82) is 0 Å². The van der Waals surface area contributed by atoms with Crippen molar-refractivity contribution in [3.63, 3.8) is 0 Å². The van der Waals surface area contributed by atoms with E-state index in [2.05, 4.69) is 46.5 Å². The van der Waals surface area contributed by atoms with E-state index in [0.29, 0.717) is 30.2 Å². The molecule has 0 saturated carbocycles. The second-order valence-corrected chi connectivity index (χ2v) is 15.2. The number of benzene rings is 1. The molecule has 10 nitrogen and oxygen atoms in total. The molecule has 0 bridgehead atoms. The Kier molecular flexibility index (Phi) is 18.0. The van der Waals surface area contributed by atoms with Gasteiger partial charge in [0.15, 0.2) is 6.10 Å². The predicted octanol–water partition coefficient (Wildman–Crippen LogP) is 6.27. The molecule has 2 aromatic rings. The molecule has 11 heteroatoms. The lowest BCUT2D eigenvalue weighted by molar-refractivity contribution is -0.149. The van der Waals surface area contributed by atoms with Gasteiger partial charge in [-0.05, 0) is 69.6 Å². The van der Waals surface area contributed by atoms with E-state index in [-0.39, 0.29) is 47.3 Å². The Morgan fingerprint density at radius 3 is 2.18 bits per heavy atom. The van der Waals surface area contributed by atoms with Gasteiger partial charge in [-0.3, -0.25) is 19.2 Å². The summed E-state index contributed by atoms with van der Waals surface area (Å²) >= 11 is 1.27. The van der Waals surface area contributed by atoms with Crippen LogP contribution in [0.3, 0.4) is 0 Å². The zero-order valence-electron chi connectivity index (χ0n) is 31.5. The normalized spacial score (nSPS) is 14.6. The molecule has 49 heavy (non-hydrogen) atoms. The first-order valence-corrected chi connectivity index (χ1v) is 18.7. The highest BCUT2D eigenvalue weighted by atomic mass is 32.1. The molecule has 274 valence electrons. The van der Waals surface area contributed by atoms with Crippen LogP contribution in [0.1, 0.15) is 114 Å². The molecule has 1 heterocycles. The Hall–Kier alpha value is -3.31. The molecule has 5 atom stereocenters. The van der Waals surface area contributed by atoms with Gasteiger partial charge >= 0.3 is 5.97 Å². The SMILES string of the molecule is CC[C@H](C)[C@H](NC(=O)CCCCN(C)C)C(=O)N(C)C(C[C@@H](OC(C)=O)c1nc(C(=O)N[C@@H](Cc2ccccc2)CC(C)C)cs1)C(C)C. The van der Waals surface area contributed by atoms with Crippen LogP contribution in [0.25, 0.3) is 0 Å². The van der Waals surface area contributed by atoms with Crippen molar-refractivity contribution < 1.29 is 23.9 Å². The van der Waals surface area contributed by atoms with E-state index in [1.54, 1.807) is 17.3 Å². The van der Waals surface area contributed by atoms with Gasteiger partial charge in [-0.15, -0.1) is 11.3 Å². The Balaban J connectivity index is 2.23. The lowest BCUT2D eigenvalue weighted by Gasteiger charge is -2.37. The van der Waals surface area contributed by atoms with Gasteiger partial charge in [0.1, 0.15) is 16.7 Å². The summed E-state index contributed by atoms with van der Waals surface area (Å²) in [6.45, 7) is 14.5. The highest BCUT2D eigenvalue weighted by molar-refractivity contribution is 7.09. The van der Waals surface area contributed by atoms with E-state index < -0.39 is 18.1 Å². The van der Waals surface area contributed by atoms with E-state index in [1.165, 1.54) is 18.3 Å². The van der Waals surface area contributed by atoms with E-state index in [1.807, 2.05) is 60.0 Å². The van der Waals surface area contributed by atoms with Crippen molar-refractivity contribution in [2.75, 3.05) is 27.7 Å². The number of likely N-dealkylation sites (N-methyl/N-ethyl adjacent to an activating group) is 1. The maximum Gasteiger partial charge on any atom is 0.303 e. The molecule has 0 aliphatic carbocycles. The second kappa shape index (κ2) is 21.0. The first kappa shape index (κ1) is 41.9. The van der Waals surface area contributed by atoms with Crippen LogP contribution >= 0.6 is 11.3 Å². The molecule has 1 aromatic heterocycles. The average molecular weight is 700 g/mol. The highest BCUT2D eigenvalue weighted by Crippen LogP contribution is 2.31. The summed E-state index contributed by atoms with van der Waals surface area (Å²) in [5, 5.41) is 8.39. The Bertz CT molecular complexity index is 1310. The highest BCUT2D eigenvalue weighted by Gasteiger charge is 2.35. The fourth-order valence-corrected chi connectivity index (χ4v) is 6.82. The molecule has 1 aromatic carbocycles. The number of rotatable bonds is 21. The van der Waals surface area contributed by atoms with Crippen LogP contribution in [0.4, 0.5) is 0 Å². The largest absolute Gasteiger partial charge is 0.455 e. The van der Waals surface area contributed by atoms with Gasteiger partial charge in [-0.1, -0.05) is 78.3 Å². The summed E-state index contributed by atoms with van der Waals surface area (Å²) in [6.07, 6.45) is 3.81. The average Bonchev–Trinajstić information content (AvgIpc) is 3.53. The molecular formula is C38H61N5O5S. The molecule has 3 amide bonds. The zero-order chi connectivity index (χ0) is 36.7. The van der Waals surface area contributed by atoms with Crippen molar-refractivity contribution in [3.8, 4) is 0 Å². The van der Waals surface area contributed by atoms with Gasteiger partial charge in [0.25, 0.3) is 5.91 Å². The number of thiazole rings is 1. The van der Waals surface area contributed by atoms with Gasteiger partial charge in [0, 0.05) is 44.3 Å². The van der Waals surface area contributed by atoms with Crippen LogP contribution < -0.4 is 10.6 Å². The number of carbonyl (C=O) groups excluding carboxylic acids is 4. The molecule has 0 radical (unpaired) electrons. The Morgan fingerprint density at radius 1 is 0.939 bits per heavy atom. The molecule has 0 aliphatic rings. The predicted molar refractivity (Wildman–Crippen MR) is 197 cm³/mol. The number of carbonyl (C=O) groups is 4. The summed E-state index contributed by atoms with van der Waals surface area (Å²) in [5.41, 5.74) is 1.42. The molecule has 0 saturated heterocycles. The third-order valence-corrected chi connectivity index (χ3v) is 9.82. The number of nitrogens with zero attached hydrogens (tertiary/aromatic N) is 3. The van der Waals surface area contributed by atoms with E-state index in [9.17, 15) is 19.2 Å². The molecule has 0 aliphatic heterocycles. The number of aromatic nitrogens is 1. The van der Waals surface area contributed by atoms with Crippen LogP contribution in [-0.4, -0.2) is 84.3 Å². The molecule has 0 fully saturated rings. The number of esters is 1. The number of unbranched alkanes of at least 4 members (excludes halogenated alkanes) is 1. The minimum Gasteiger partial charge on any atom is -0.455 e. The van der Waals surface area contributed by atoms with Crippen LogP contribution in [0.5, 0.6) is 0 Å². The summed E-state index contributed by atoms with van der Waals surface area (Å²) in [5.74, 6) is -0.720. The third kappa shape index (κ3) is 14.6. The monoisotopic (exact) mass is 699 g/mol. The molecule has 0 spiro atoms. The molecule has 1 unspecified atom stereocenters. The number of hydrogen-bond donors (Lipinski definition) is 2. The fourth-order valence-electron chi connectivity index (χ4n) is 5.98. The zero-order valence-corrected chi connectivity index (χ0v) is 32.3. The van der Waals surface area contributed by atoms with Gasteiger partial charge < -0.3 is 25.2 Å². The Labute approximate surface area is 298 Å². The van der Waals surface area contributed by atoms with Crippen molar-refractivity contribution in [2.45, 2.75) is 118 Å². The van der Waals surface area contributed by atoms with E-state index in [0.717, 1.165) is 37.8 Å². The maximum atomic E-state index is 14.0. The first-order valence-electron chi connectivity index (χ1n) is 17.8. The van der Waals surface area contributed by atoms with Gasteiger partial charge in [0.05, 0.1) is 0 Å². The van der Waals surface area contributed by atoms with Gasteiger partial charge in [0.2, 0.25) is 11.8 Å². The second-order valence-electron chi connectivity index (χ2n) is 14.3. The smallest absolute Gasteiger partial charge is 0.303 e. The van der Waals surface area contributed by atoms with E-state index in [4.69, 9.17) is 4.74 Å². The topological polar surface area (TPSA) is 121 Å². The van der Waals surface area contributed by atoms with Crippen LogP contribution in [0.15, 0.2) is 35.7 Å². The van der Waals surface area contributed by atoms with Crippen molar-refractivity contribution in [1.82, 2.24) is 25.4 Å². The minimum absolute atomic E-state index is 0.00355. The summed E-state index contributed by atoms with van der Waals surface area (Å²) in [6, 6.07) is 9.02. The number of ether oxygens (including phenoxy) is 1. The fraction of sp³-hybridized carbons (Fsp3) is 0.658. The summed E-state index contributed by atoms with van der Waals surface area (Å²) in [4.78, 5) is 61.1. The molecule has 2 N–H and O–H groups in total. The van der Waals surface area contributed by atoms with Crippen molar-refractivity contribution >= 4 is 35.0 Å². The molecule has 2 rings (SSSR count). The summed E-state index contributed by atoms with van der Waals surface area (Å²) < 4.78 is 5.78. The lowest BCUT2D eigenvalue weighted by atomic mass is 9.93. The third-order valence-electron chi connectivity index (χ3n) is 8.88. The minimum atomic E-state index is -0.754. The number of amides is 3. The standard InChI is InChI=1S/C38H61N5O5S/c1-11-27(6)35(41-34(45)19-15-16-20-42(8)9)38(47)43(10)32(26(4)5)23-33(48-28(7)44)37-40-31(24-49-37)36(46)39-30(21-25(2)3)22-29-17-13-12-14-18-29/h12-14,17-18,24-27,30,32-33,35H,11,15-16,19-23H2,1-10H3,(H,39,46)(H,41,45)/t27-,30+,32?,33+,35-/m0/s1. The first-order chi connectivity index (χ1) is 23.1. The Morgan fingerprint density at radius 2 is 1.61 bits per heavy atom. The lowest BCUT2D eigenvalue weighted by Crippen LogP contribution is -2.54. The quantitative estimate of drug-likeness (QED) is 0.116. The molecular weight excluding hydrogens is 639 g/mol. The van der Waals surface area contributed by atoms with Crippen molar-refractivity contribution in [3.05, 3.63) is 52.0 Å². The van der Waals surface area contributed by atoms with E-state index >= 15 is 0 Å². The summed E-state index contributed by atoms with van der Waals surface area (Å²) in [7, 11) is 5.76. The number of nitrogens with one attached hydrogen (secondary N) is 2. The van der Waals surface area contributed by atoms with Crippen LogP contribution in [0, 0.1) is 17.8 Å². The van der Waals surface area contributed by atoms with Crippen molar-refractivity contribution in [2.24, 2.45) is 17.8 Å². The maximum absolute atomic E-state index is 14.0. The number of hydrogen-bond acceptors (Lipinski definition) is 8. The van der Waals surface area contributed by atoms with Crippen LogP contribution in [-0.2, 0) is 25.5 Å². The van der Waals surface area contributed by atoms with Gasteiger partial charge in [-0.25, -0.2) is 4.98 Å².